The average molecular weight is 441 g/mol. The number of carboxylic acids is 1. The number of para-hydroxylation sites is 2. The topological polar surface area (TPSA) is 98.3 Å². The molecule has 7 nitrogen and oxygen atoms in total. The van der Waals surface area contributed by atoms with E-state index in [0.29, 0.717) is 18.5 Å². The Labute approximate surface area is 191 Å². The second-order valence-electron chi connectivity index (χ2n) is 8.40. The Kier molecular flexibility index (Phi) is 5.30. The summed E-state index contributed by atoms with van der Waals surface area (Å²) in [7, 11) is 1.76. The predicted octanol–water partition coefficient (Wildman–Crippen LogP) is 4.37. The number of carbonyl (C=O) groups excluding carboxylic acids is 1. The number of aliphatic carboxylic acids is 1. The largest absolute Gasteiger partial charge is 0.481 e. The molecule has 4 aromatic rings. The third-order valence-corrected chi connectivity index (χ3v) is 6.04. The van der Waals surface area contributed by atoms with E-state index in [-0.39, 0.29) is 18.4 Å². The van der Waals surface area contributed by atoms with Crippen LogP contribution in [0.1, 0.15) is 45.3 Å². The number of benzene rings is 3. The van der Waals surface area contributed by atoms with Crippen molar-refractivity contribution in [1.29, 1.82) is 0 Å². The maximum absolute atomic E-state index is 13.2. The first kappa shape index (κ1) is 20.8. The van der Waals surface area contributed by atoms with Gasteiger partial charge >= 0.3 is 5.97 Å². The number of H-pyrrole nitrogens is 1. The highest BCUT2D eigenvalue weighted by Crippen LogP contribution is 2.34. The van der Waals surface area contributed by atoms with Crippen LogP contribution in [-0.2, 0) is 17.8 Å². The van der Waals surface area contributed by atoms with E-state index in [1.54, 1.807) is 18.0 Å². The Morgan fingerprint density at radius 1 is 1.06 bits per heavy atom. The van der Waals surface area contributed by atoms with Crippen LogP contribution in [0.5, 0.6) is 0 Å². The number of anilines is 1. The van der Waals surface area contributed by atoms with Gasteiger partial charge in [0, 0.05) is 18.3 Å². The molecule has 0 spiro atoms. The molecule has 0 bridgehead atoms. The number of nitrogens with one attached hydrogen (secondary N) is 2. The van der Waals surface area contributed by atoms with E-state index >= 15 is 0 Å². The minimum absolute atomic E-state index is 0.0165. The van der Waals surface area contributed by atoms with E-state index in [2.05, 4.69) is 15.3 Å². The van der Waals surface area contributed by atoms with Crippen LogP contribution in [0.4, 0.5) is 5.69 Å². The summed E-state index contributed by atoms with van der Waals surface area (Å²) in [6, 6.07) is 20.9. The highest BCUT2D eigenvalue weighted by molar-refractivity contribution is 5.95. The summed E-state index contributed by atoms with van der Waals surface area (Å²) >= 11 is 0. The molecule has 0 saturated heterocycles. The third-order valence-electron chi connectivity index (χ3n) is 6.04. The molecule has 0 aliphatic carbocycles. The summed E-state index contributed by atoms with van der Waals surface area (Å²) in [5, 5.41) is 12.8. The van der Waals surface area contributed by atoms with Gasteiger partial charge in [-0.3, -0.25) is 9.59 Å². The van der Waals surface area contributed by atoms with Crippen LogP contribution in [0.25, 0.3) is 11.0 Å². The first-order chi connectivity index (χ1) is 16.0. The lowest BCUT2D eigenvalue weighted by Gasteiger charge is -2.19. The Balaban J connectivity index is 1.40. The van der Waals surface area contributed by atoms with Crippen molar-refractivity contribution >= 4 is 28.6 Å². The van der Waals surface area contributed by atoms with Crippen LogP contribution < -0.4 is 5.32 Å². The molecule has 1 unspecified atom stereocenters. The first-order valence-electron chi connectivity index (χ1n) is 10.9. The van der Waals surface area contributed by atoms with Gasteiger partial charge in [0.05, 0.1) is 30.0 Å². The van der Waals surface area contributed by atoms with E-state index in [4.69, 9.17) is 0 Å². The van der Waals surface area contributed by atoms with Crippen molar-refractivity contribution in [3.63, 3.8) is 0 Å². The number of aromatic nitrogens is 2. The van der Waals surface area contributed by atoms with Crippen molar-refractivity contribution in [1.82, 2.24) is 14.9 Å². The number of hydrogen-bond donors (Lipinski definition) is 3. The number of amides is 1. The van der Waals surface area contributed by atoms with Crippen LogP contribution in [0.3, 0.4) is 0 Å². The molecule has 1 aromatic heterocycles. The number of hydrogen-bond acceptors (Lipinski definition) is 4. The summed E-state index contributed by atoms with van der Waals surface area (Å²) in [6.45, 7) is 0.367. The normalized spacial score (nSPS) is 14.6. The number of carbonyl (C=O) groups is 2. The maximum Gasteiger partial charge on any atom is 0.305 e. The van der Waals surface area contributed by atoms with Gasteiger partial charge < -0.3 is 20.3 Å². The molecule has 33 heavy (non-hydrogen) atoms. The van der Waals surface area contributed by atoms with E-state index in [1.807, 2.05) is 60.7 Å². The molecule has 3 aromatic carbocycles. The number of nitrogens with zero attached hydrogens (tertiary/aromatic N) is 2. The minimum atomic E-state index is -0.857. The molecule has 3 N–H and O–H groups in total. The van der Waals surface area contributed by atoms with E-state index in [1.165, 1.54) is 0 Å². The average Bonchev–Trinajstić information content (AvgIpc) is 3.14. The SMILES string of the molecule is CN(Cc1nc2ccccc2[nH]1)C(=O)c1ccc2c(c1)Cc1ccccc1C(CC(=O)O)N2. The number of rotatable bonds is 5. The zero-order valence-electron chi connectivity index (χ0n) is 18.2. The predicted molar refractivity (Wildman–Crippen MR) is 126 cm³/mol. The molecule has 2 heterocycles. The number of fused-ring (bicyclic) bond motifs is 3. The van der Waals surface area contributed by atoms with Gasteiger partial charge in [-0.05, 0) is 53.4 Å². The van der Waals surface area contributed by atoms with Gasteiger partial charge in [-0.1, -0.05) is 36.4 Å². The van der Waals surface area contributed by atoms with E-state index < -0.39 is 5.97 Å². The highest BCUT2D eigenvalue weighted by Gasteiger charge is 2.24. The number of carboxylic acid groups (broad SMARTS) is 1. The summed E-state index contributed by atoms with van der Waals surface area (Å²) in [5.74, 6) is -0.225. The molecular formula is C26H24N4O3. The maximum atomic E-state index is 13.2. The van der Waals surface area contributed by atoms with E-state index in [9.17, 15) is 14.7 Å². The zero-order valence-corrected chi connectivity index (χ0v) is 18.2. The Morgan fingerprint density at radius 3 is 2.67 bits per heavy atom. The van der Waals surface area contributed by atoms with Crippen LogP contribution in [0.15, 0.2) is 66.7 Å². The summed E-state index contributed by atoms with van der Waals surface area (Å²) in [6.07, 6.45) is 0.612. The molecular weight excluding hydrogens is 416 g/mol. The summed E-state index contributed by atoms with van der Waals surface area (Å²) in [5.41, 5.74) is 6.27. The van der Waals surface area contributed by atoms with Crippen LogP contribution in [0, 0.1) is 0 Å². The Bertz CT molecular complexity index is 1330. The third kappa shape index (κ3) is 4.17. The molecule has 166 valence electrons. The number of aromatic amines is 1. The first-order valence-corrected chi connectivity index (χ1v) is 10.9. The Hall–Kier alpha value is -4.13. The van der Waals surface area contributed by atoms with Crippen molar-refractivity contribution in [2.24, 2.45) is 0 Å². The fraction of sp³-hybridized carbons (Fsp3) is 0.192. The molecule has 0 radical (unpaired) electrons. The quantitative estimate of drug-likeness (QED) is 0.428. The molecule has 1 aliphatic heterocycles. The van der Waals surface area contributed by atoms with Crippen molar-refractivity contribution in [3.05, 3.63) is 94.8 Å². The van der Waals surface area contributed by atoms with Crippen molar-refractivity contribution in [2.45, 2.75) is 25.4 Å². The van der Waals surface area contributed by atoms with Gasteiger partial charge in [0.25, 0.3) is 5.91 Å². The van der Waals surface area contributed by atoms with Crippen molar-refractivity contribution in [3.8, 4) is 0 Å². The lowest BCUT2D eigenvalue weighted by molar-refractivity contribution is -0.137. The van der Waals surface area contributed by atoms with Gasteiger partial charge in [0.15, 0.2) is 0 Å². The fourth-order valence-corrected chi connectivity index (χ4v) is 4.45. The van der Waals surface area contributed by atoms with E-state index in [0.717, 1.165) is 39.2 Å². The minimum Gasteiger partial charge on any atom is -0.481 e. The Morgan fingerprint density at radius 2 is 1.85 bits per heavy atom. The zero-order chi connectivity index (χ0) is 22.9. The van der Waals surface area contributed by atoms with Gasteiger partial charge in [-0.25, -0.2) is 4.98 Å². The lowest BCUT2D eigenvalue weighted by Crippen LogP contribution is -2.26. The fourth-order valence-electron chi connectivity index (χ4n) is 4.45. The van der Waals surface area contributed by atoms with Gasteiger partial charge in [0.2, 0.25) is 0 Å². The second-order valence-corrected chi connectivity index (χ2v) is 8.40. The standard InChI is InChI=1S/C26H24N4O3/c1-30(15-24-28-21-8-4-5-9-22(21)29-24)26(33)17-10-11-20-18(13-17)12-16-6-2-3-7-19(16)23(27-20)14-25(31)32/h2-11,13,23,27H,12,14-15H2,1H3,(H,28,29)(H,31,32). The molecule has 1 aliphatic rings. The summed E-state index contributed by atoms with van der Waals surface area (Å²) < 4.78 is 0. The monoisotopic (exact) mass is 440 g/mol. The molecule has 1 atom stereocenters. The van der Waals surface area contributed by atoms with Crippen LogP contribution >= 0.6 is 0 Å². The van der Waals surface area contributed by atoms with Crippen molar-refractivity contribution in [2.75, 3.05) is 12.4 Å². The number of imidazole rings is 1. The lowest BCUT2D eigenvalue weighted by atomic mass is 9.95. The molecule has 7 heteroatoms. The summed E-state index contributed by atoms with van der Waals surface area (Å²) in [4.78, 5) is 34.1. The smallest absolute Gasteiger partial charge is 0.305 e. The highest BCUT2D eigenvalue weighted by atomic mass is 16.4. The molecule has 1 amide bonds. The molecule has 0 fully saturated rings. The van der Waals surface area contributed by atoms with Crippen LogP contribution in [0.2, 0.25) is 0 Å². The van der Waals surface area contributed by atoms with Gasteiger partial charge in [-0.2, -0.15) is 0 Å². The van der Waals surface area contributed by atoms with Crippen LogP contribution in [-0.4, -0.2) is 38.9 Å². The molecule has 0 saturated carbocycles. The molecule has 5 rings (SSSR count). The van der Waals surface area contributed by atoms with Crippen molar-refractivity contribution < 1.29 is 14.7 Å². The van der Waals surface area contributed by atoms with Gasteiger partial charge in [0.1, 0.15) is 5.82 Å². The van der Waals surface area contributed by atoms with Gasteiger partial charge in [-0.15, -0.1) is 0 Å². The second kappa shape index (κ2) is 8.43.